The molecule has 1 aromatic carbocycles. The summed E-state index contributed by atoms with van der Waals surface area (Å²) in [6.07, 6.45) is 0.132. The van der Waals surface area contributed by atoms with Gasteiger partial charge in [-0.25, -0.2) is 4.39 Å². The van der Waals surface area contributed by atoms with Crippen LogP contribution in [0.2, 0.25) is 4.34 Å². The van der Waals surface area contributed by atoms with Gasteiger partial charge in [0.25, 0.3) is 0 Å². The SMILES string of the molecule is OC(CSc1cccc(F)c1)Cc1ccc(Cl)s1. The molecule has 1 nitrogen and oxygen atoms in total. The van der Waals surface area contributed by atoms with Crippen molar-refractivity contribution in [2.24, 2.45) is 0 Å². The fourth-order valence-corrected chi connectivity index (χ4v) is 3.53. The Kier molecular flexibility index (Phi) is 5.06. The molecular weight excluding hydrogens is 291 g/mol. The van der Waals surface area contributed by atoms with Gasteiger partial charge in [0.15, 0.2) is 0 Å². The number of rotatable bonds is 5. The zero-order valence-corrected chi connectivity index (χ0v) is 11.9. The van der Waals surface area contributed by atoms with E-state index in [4.69, 9.17) is 11.6 Å². The van der Waals surface area contributed by atoms with Crippen molar-refractivity contribution in [3.05, 3.63) is 51.4 Å². The molecule has 0 aliphatic heterocycles. The average molecular weight is 303 g/mol. The van der Waals surface area contributed by atoms with Gasteiger partial charge < -0.3 is 5.11 Å². The summed E-state index contributed by atoms with van der Waals surface area (Å²) in [4.78, 5) is 1.89. The van der Waals surface area contributed by atoms with Crippen LogP contribution in [0.4, 0.5) is 4.39 Å². The minimum absolute atomic E-state index is 0.250. The number of thioether (sulfide) groups is 1. The van der Waals surface area contributed by atoms with Gasteiger partial charge in [-0.15, -0.1) is 23.1 Å². The van der Waals surface area contributed by atoms with Crippen LogP contribution in [0.25, 0.3) is 0 Å². The molecule has 0 aliphatic carbocycles. The van der Waals surface area contributed by atoms with E-state index in [1.54, 1.807) is 6.07 Å². The maximum atomic E-state index is 13.0. The van der Waals surface area contributed by atoms with E-state index >= 15 is 0 Å². The van der Waals surface area contributed by atoms with Crippen molar-refractivity contribution in [3.63, 3.8) is 0 Å². The van der Waals surface area contributed by atoms with E-state index in [1.807, 2.05) is 18.2 Å². The Balaban J connectivity index is 1.83. The summed E-state index contributed by atoms with van der Waals surface area (Å²) in [6.45, 7) is 0. The maximum absolute atomic E-state index is 13.0. The lowest BCUT2D eigenvalue weighted by atomic mass is 10.2. The molecule has 96 valence electrons. The highest BCUT2D eigenvalue weighted by Crippen LogP contribution is 2.25. The molecule has 0 amide bonds. The van der Waals surface area contributed by atoms with Crippen LogP contribution in [-0.2, 0) is 6.42 Å². The minimum Gasteiger partial charge on any atom is -0.392 e. The Morgan fingerprint density at radius 2 is 2.17 bits per heavy atom. The Labute approximate surface area is 119 Å². The minimum atomic E-state index is -0.451. The zero-order valence-electron chi connectivity index (χ0n) is 9.48. The zero-order chi connectivity index (χ0) is 13.0. The van der Waals surface area contributed by atoms with Crippen molar-refractivity contribution >= 4 is 34.7 Å². The standard InChI is InChI=1S/C13H12ClFOS2/c14-13-5-4-12(18-13)7-10(16)8-17-11-3-1-2-9(15)6-11/h1-6,10,16H,7-8H2. The van der Waals surface area contributed by atoms with E-state index in [2.05, 4.69) is 0 Å². The fourth-order valence-electron chi connectivity index (χ4n) is 1.50. The number of aliphatic hydroxyl groups is 1. The van der Waals surface area contributed by atoms with E-state index in [-0.39, 0.29) is 5.82 Å². The Bertz CT molecular complexity index is 515. The van der Waals surface area contributed by atoms with Gasteiger partial charge in [-0.05, 0) is 30.3 Å². The monoisotopic (exact) mass is 302 g/mol. The molecule has 18 heavy (non-hydrogen) atoms. The molecule has 0 radical (unpaired) electrons. The van der Waals surface area contributed by atoms with E-state index in [0.717, 1.165) is 14.1 Å². The lowest BCUT2D eigenvalue weighted by Gasteiger charge is -2.08. The quantitative estimate of drug-likeness (QED) is 0.834. The Hall–Kier alpha value is -0.550. The van der Waals surface area contributed by atoms with E-state index in [0.29, 0.717) is 12.2 Å². The molecule has 5 heteroatoms. The van der Waals surface area contributed by atoms with Crippen molar-refractivity contribution in [2.75, 3.05) is 5.75 Å². The lowest BCUT2D eigenvalue weighted by Crippen LogP contribution is -2.12. The first-order chi connectivity index (χ1) is 8.63. The third-order valence-electron chi connectivity index (χ3n) is 2.30. The molecule has 1 heterocycles. The van der Waals surface area contributed by atoms with Gasteiger partial charge in [0.05, 0.1) is 10.4 Å². The molecule has 0 saturated heterocycles. The van der Waals surface area contributed by atoms with Crippen molar-refractivity contribution in [1.82, 2.24) is 0 Å². The van der Waals surface area contributed by atoms with Gasteiger partial charge >= 0.3 is 0 Å². The number of aliphatic hydroxyl groups excluding tert-OH is 1. The fraction of sp³-hybridized carbons (Fsp3) is 0.231. The summed E-state index contributed by atoms with van der Waals surface area (Å²) in [5.74, 6) is 0.290. The van der Waals surface area contributed by atoms with Gasteiger partial charge in [0, 0.05) is 21.9 Å². The summed E-state index contributed by atoms with van der Waals surface area (Å²) in [5, 5.41) is 9.89. The van der Waals surface area contributed by atoms with Crippen LogP contribution in [0.15, 0.2) is 41.3 Å². The number of halogens is 2. The topological polar surface area (TPSA) is 20.2 Å². The van der Waals surface area contributed by atoms with Gasteiger partial charge in [0.2, 0.25) is 0 Å². The number of benzene rings is 1. The van der Waals surface area contributed by atoms with Crippen LogP contribution < -0.4 is 0 Å². The second-order valence-corrected chi connectivity index (χ2v) is 6.73. The number of thiophene rings is 1. The molecule has 1 aromatic heterocycles. The Morgan fingerprint density at radius 1 is 1.33 bits per heavy atom. The smallest absolute Gasteiger partial charge is 0.124 e. The first-order valence-corrected chi connectivity index (χ1v) is 7.62. The molecule has 0 bridgehead atoms. The van der Waals surface area contributed by atoms with Crippen molar-refractivity contribution < 1.29 is 9.50 Å². The van der Waals surface area contributed by atoms with Crippen LogP contribution in [-0.4, -0.2) is 17.0 Å². The highest BCUT2D eigenvalue weighted by molar-refractivity contribution is 7.99. The van der Waals surface area contributed by atoms with Crippen LogP contribution in [0.5, 0.6) is 0 Å². The van der Waals surface area contributed by atoms with Crippen LogP contribution >= 0.6 is 34.7 Å². The van der Waals surface area contributed by atoms with Gasteiger partial charge in [-0.2, -0.15) is 0 Å². The largest absolute Gasteiger partial charge is 0.392 e. The first-order valence-electron chi connectivity index (χ1n) is 5.44. The summed E-state index contributed by atoms with van der Waals surface area (Å²) in [6, 6.07) is 10.1. The molecule has 0 spiro atoms. The molecule has 2 aromatic rings. The van der Waals surface area contributed by atoms with Gasteiger partial charge in [0.1, 0.15) is 5.82 Å². The molecule has 0 saturated carbocycles. The van der Waals surface area contributed by atoms with Crippen molar-refractivity contribution in [2.45, 2.75) is 17.4 Å². The van der Waals surface area contributed by atoms with E-state index in [9.17, 15) is 9.50 Å². The van der Waals surface area contributed by atoms with Crippen molar-refractivity contribution in [3.8, 4) is 0 Å². The van der Waals surface area contributed by atoms with Crippen LogP contribution in [0.3, 0.4) is 0 Å². The molecule has 2 rings (SSSR count). The molecule has 1 N–H and O–H groups in total. The first kappa shape index (κ1) is 13.9. The summed E-state index contributed by atoms with van der Waals surface area (Å²) >= 11 is 8.75. The predicted octanol–water partition coefficient (Wildman–Crippen LogP) is 4.24. The van der Waals surface area contributed by atoms with Gasteiger partial charge in [-0.1, -0.05) is 17.7 Å². The third-order valence-corrected chi connectivity index (χ3v) is 4.70. The highest BCUT2D eigenvalue weighted by Gasteiger charge is 2.08. The molecule has 1 unspecified atom stereocenters. The van der Waals surface area contributed by atoms with E-state index in [1.165, 1.54) is 35.2 Å². The normalized spacial score (nSPS) is 12.6. The summed E-state index contributed by atoms with van der Waals surface area (Å²) < 4.78 is 13.7. The van der Waals surface area contributed by atoms with Crippen LogP contribution in [0.1, 0.15) is 4.88 Å². The van der Waals surface area contributed by atoms with Gasteiger partial charge in [-0.3, -0.25) is 0 Å². The number of hydrogen-bond acceptors (Lipinski definition) is 3. The summed E-state index contributed by atoms with van der Waals surface area (Å²) in [7, 11) is 0. The second kappa shape index (κ2) is 6.57. The summed E-state index contributed by atoms with van der Waals surface area (Å²) in [5.41, 5.74) is 0. The predicted molar refractivity (Wildman–Crippen MR) is 76.2 cm³/mol. The molecular formula is C13H12ClFOS2. The highest BCUT2D eigenvalue weighted by atomic mass is 35.5. The maximum Gasteiger partial charge on any atom is 0.124 e. The Morgan fingerprint density at radius 3 is 2.83 bits per heavy atom. The van der Waals surface area contributed by atoms with Crippen molar-refractivity contribution in [1.29, 1.82) is 0 Å². The average Bonchev–Trinajstić information content (AvgIpc) is 2.72. The second-order valence-electron chi connectivity index (χ2n) is 3.83. The van der Waals surface area contributed by atoms with Crippen LogP contribution in [0, 0.1) is 5.82 Å². The third kappa shape index (κ3) is 4.28. The number of hydrogen-bond donors (Lipinski definition) is 1. The lowest BCUT2D eigenvalue weighted by molar-refractivity contribution is 0.201. The van der Waals surface area contributed by atoms with E-state index < -0.39 is 6.10 Å². The molecule has 0 fully saturated rings. The molecule has 0 aliphatic rings. The molecule has 1 atom stereocenters.